The van der Waals surface area contributed by atoms with Gasteiger partial charge in [-0.15, -0.1) is 0 Å². The van der Waals surface area contributed by atoms with Crippen LogP contribution in [0, 0.1) is 5.92 Å². The Morgan fingerprint density at radius 1 is 0.913 bits per heavy atom. The molecule has 8 nitrogen and oxygen atoms in total. The van der Waals surface area contributed by atoms with Gasteiger partial charge in [0, 0.05) is 34.8 Å². The molecule has 3 aromatic carbocycles. The van der Waals surface area contributed by atoms with E-state index < -0.39 is 6.04 Å². The average Bonchev–Trinajstić information content (AvgIpc) is 3.98. The van der Waals surface area contributed by atoms with Gasteiger partial charge in [0.15, 0.2) is 5.75 Å². The molecular weight excluding hydrogens is 649 g/mol. The molecule has 2 amide bonds. The molecule has 6 rings (SSSR count). The van der Waals surface area contributed by atoms with Gasteiger partial charge in [0.2, 0.25) is 5.91 Å². The Hall–Kier alpha value is -3.27. The Kier molecular flexibility index (Phi) is 10.4. The molecule has 2 aliphatic carbocycles. The summed E-state index contributed by atoms with van der Waals surface area (Å²) in [5.74, 6) is 1.05. The molecule has 11 heteroatoms. The zero-order chi connectivity index (χ0) is 32.2. The Labute approximate surface area is 283 Å². The van der Waals surface area contributed by atoms with Gasteiger partial charge < -0.3 is 30.1 Å². The van der Waals surface area contributed by atoms with Crippen LogP contribution in [0.5, 0.6) is 11.5 Å². The lowest BCUT2D eigenvalue weighted by Gasteiger charge is -2.33. The standard InChI is InChI=1S/C35H36Cl3N3O5/c36-28-13-8-24(40-34(43)22-4-5-22)18-23(28)19-41(25-9-10-25)35(44)32-27(14-15-39-31(32)20-42)21-6-11-26(12-7-21)45-16-17-46-33-29(37)2-1-3-30(33)38/h1-3,6-8,11-13,18,22,25,31,39,42H,4-5,9-10,14-17,19-20H2,(H,40,43)/t31-/m1/s1. The van der Waals surface area contributed by atoms with Crippen molar-refractivity contribution in [1.29, 1.82) is 0 Å². The van der Waals surface area contributed by atoms with E-state index in [2.05, 4.69) is 10.6 Å². The zero-order valence-electron chi connectivity index (χ0n) is 25.2. The maximum Gasteiger partial charge on any atom is 0.252 e. The topological polar surface area (TPSA) is 100 Å². The van der Waals surface area contributed by atoms with E-state index in [-0.39, 0.29) is 43.6 Å². The number of ether oxygens (including phenoxy) is 2. The van der Waals surface area contributed by atoms with Crippen LogP contribution in [-0.2, 0) is 16.1 Å². The normalized spacial score (nSPS) is 17.9. The minimum atomic E-state index is -0.498. The van der Waals surface area contributed by atoms with Crippen LogP contribution >= 0.6 is 34.8 Å². The smallest absolute Gasteiger partial charge is 0.252 e. The predicted molar refractivity (Wildman–Crippen MR) is 181 cm³/mol. The molecule has 1 atom stereocenters. The number of amides is 2. The lowest BCUT2D eigenvalue weighted by molar-refractivity contribution is -0.128. The number of hydrogen-bond acceptors (Lipinski definition) is 6. The van der Waals surface area contributed by atoms with Crippen molar-refractivity contribution in [3.63, 3.8) is 0 Å². The van der Waals surface area contributed by atoms with Crippen LogP contribution < -0.4 is 20.1 Å². The summed E-state index contributed by atoms with van der Waals surface area (Å²) in [6.45, 7) is 1.28. The molecule has 242 valence electrons. The molecule has 0 bridgehead atoms. The Morgan fingerprint density at radius 2 is 1.63 bits per heavy atom. The summed E-state index contributed by atoms with van der Waals surface area (Å²) in [6, 6.07) is 17.8. The van der Waals surface area contributed by atoms with Crippen LogP contribution in [-0.4, -0.2) is 60.3 Å². The lowest BCUT2D eigenvalue weighted by Crippen LogP contribution is -2.46. The molecule has 0 aromatic heterocycles. The summed E-state index contributed by atoms with van der Waals surface area (Å²) in [6.07, 6.45) is 4.27. The summed E-state index contributed by atoms with van der Waals surface area (Å²) in [4.78, 5) is 28.6. The van der Waals surface area contributed by atoms with Gasteiger partial charge in [-0.25, -0.2) is 0 Å². The third-order valence-electron chi connectivity index (χ3n) is 8.42. The number of aliphatic hydroxyl groups excluding tert-OH is 1. The molecule has 1 heterocycles. The van der Waals surface area contributed by atoms with E-state index in [0.717, 1.165) is 42.4 Å². The molecule has 3 N–H and O–H groups in total. The van der Waals surface area contributed by atoms with Crippen molar-refractivity contribution < 1.29 is 24.2 Å². The van der Waals surface area contributed by atoms with E-state index >= 15 is 0 Å². The number of rotatable bonds is 13. The number of carbonyl (C=O) groups is 2. The summed E-state index contributed by atoms with van der Waals surface area (Å²) in [5.41, 5.74) is 3.80. The first-order valence-electron chi connectivity index (χ1n) is 15.6. The second-order valence-corrected chi connectivity index (χ2v) is 13.1. The van der Waals surface area contributed by atoms with E-state index in [0.29, 0.717) is 57.3 Å². The van der Waals surface area contributed by atoms with E-state index in [4.69, 9.17) is 44.3 Å². The van der Waals surface area contributed by atoms with Gasteiger partial charge in [-0.05, 0) is 97.8 Å². The van der Waals surface area contributed by atoms with Crippen LogP contribution in [0.25, 0.3) is 5.57 Å². The largest absolute Gasteiger partial charge is 0.490 e. The van der Waals surface area contributed by atoms with Crippen LogP contribution in [0.15, 0.2) is 66.2 Å². The van der Waals surface area contributed by atoms with Crippen molar-refractivity contribution in [3.8, 4) is 11.5 Å². The SMILES string of the molecule is O=C(Nc1ccc(Cl)c(CN(C(=O)C2=C(c3ccc(OCCOc4c(Cl)cccc4Cl)cc3)CCN[C@@H]2CO)C2CC2)c1)C1CC1. The fourth-order valence-corrected chi connectivity index (χ4v) is 6.37. The first kappa shape index (κ1) is 32.7. The third kappa shape index (κ3) is 7.81. The van der Waals surface area contributed by atoms with Gasteiger partial charge in [0.05, 0.1) is 22.7 Å². The van der Waals surface area contributed by atoms with E-state index in [9.17, 15) is 14.7 Å². The lowest BCUT2D eigenvalue weighted by atomic mass is 9.88. The van der Waals surface area contributed by atoms with Gasteiger partial charge in [-0.2, -0.15) is 0 Å². The van der Waals surface area contributed by atoms with E-state index in [1.165, 1.54) is 0 Å². The molecule has 2 saturated carbocycles. The number of benzene rings is 3. The second-order valence-electron chi connectivity index (χ2n) is 11.8. The minimum Gasteiger partial charge on any atom is -0.490 e. The van der Waals surface area contributed by atoms with Crippen LogP contribution in [0.1, 0.15) is 43.2 Å². The number of anilines is 1. The Balaban J connectivity index is 1.18. The molecule has 0 spiro atoms. The molecule has 0 radical (unpaired) electrons. The van der Waals surface area contributed by atoms with Gasteiger partial charge in [0.1, 0.15) is 19.0 Å². The molecule has 0 saturated heterocycles. The van der Waals surface area contributed by atoms with E-state index in [1.54, 1.807) is 30.3 Å². The summed E-state index contributed by atoms with van der Waals surface area (Å²) >= 11 is 18.9. The number of carbonyl (C=O) groups excluding carboxylic acids is 2. The summed E-state index contributed by atoms with van der Waals surface area (Å²) in [5, 5.41) is 18.0. The molecule has 0 unspecified atom stereocenters. The fourth-order valence-electron chi connectivity index (χ4n) is 5.68. The molecule has 2 fully saturated rings. The van der Waals surface area contributed by atoms with Crippen molar-refractivity contribution >= 4 is 57.9 Å². The Bertz CT molecular complexity index is 1600. The van der Waals surface area contributed by atoms with Gasteiger partial charge >= 0.3 is 0 Å². The maximum atomic E-state index is 14.4. The monoisotopic (exact) mass is 683 g/mol. The first-order chi connectivity index (χ1) is 22.3. The van der Waals surface area contributed by atoms with Crippen molar-refractivity contribution in [3.05, 3.63) is 92.4 Å². The number of nitrogens with one attached hydrogen (secondary N) is 2. The van der Waals surface area contributed by atoms with Crippen molar-refractivity contribution in [2.24, 2.45) is 5.92 Å². The fraction of sp³-hybridized carbons (Fsp3) is 0.371. The summed E-state index contributed by atoms with van der Waals surface area (Å²) < 4.78 is 11.6. The average molecular weight is 685 g/mol. The van der Waals surface area contributed by atoms with Gasteiger partial charge in [-0.3, -0.25) is 9.59 Å². The highest BCUT2D eigenvalue weighted by molar-refractivity contribution is 6.37. The minimum absolute atomic E-state index is 0.0176. The first-order valence-corrected chi connectivity index (χ1v) is 16.7. The molecule has 46 heavy (non-hydrogen) atoms. The Morgan fingerprint density at radius 3 is 2.30 bits per heavy atom. The summed E-state index contributed by atoms with van der Waals surface area (Å²) in [7, 11) is 0. The van der Waals surface area contributed by atoms with Crippen molar-refractivity contribution in [2.75, 3.05) is 31.7 Å². The van der Waals surface area contributed by atoms with Crippen molar-refractivity contribution in [2.45, 2.75) is 50.7 Å². The van der Waals surface area contributed by atoms with Gasteiger partial charge in [-0.1, -0.05) is 53.0 Å². The van der Waals surface area contributed by atoms with Crippen LogP contribution in [0.3, 0.4) is 0 Å². The molecule has 3 aromatic rings. The van der Waals surface area contributed by atoms with Gasteiger partial charge in [0.25, 0.3) is 5.91 Å². The number of aliphatic hydroxyl groups is 1. The highest BCUT2D eigenvalue weighted by atomic mass is 35.5. The molecule has 3 aliphatic rings. The zero-order valence-corrected chi connectivity index (χ0v) is 27.5. The number of nitrogens with zero attached hydrogens (tertiary/aromatic N) is 1. The third-order valence-corrected chi connectivity index (χ3v) is 9.39. The van der Waals surface area contributed by atoms with Crippen LogP contribution in [0.2, 0.25) is 15.1 Å². The van der Waals surface area contributed by atoms with Crippen molar-refractivity contribution in [1.82, 2.24) is 10.2 Å². The maximum absolute atomic E-state index is 14.4. The molecular formula is C35H36Cl3N3O5. The number of para-hydroxylation sites is 1. The molecule has 1 aliphatic heterocycles. The number of halogens is 3. The highest BCUT2D eigenvalue weighted by Gasteiger charge is 2.38. The number of hydrogen-bond donors (Lipinski definition) is 3. The highest BCUT2D eigenvalue weighted by Crippen LogP contribution is 2.37. The second kappa shape index (κ2) is 14.7. The van der Waals surface area contributed by atoms with E-state index in [1.807, 2.05) is 35.2 Å². The van der Waals surface area contributed by atoms with Crippen LogP contribution in [0.4, 0.5) is 5.69 Å². The predicted octanol–water partition coefficient (Wildman–Crippen LogP) is 6.75. The quantitative estimate of drug-likeness (QED) is 0.172.